The Morgan fingerprint density at radius 3 is 2.12 bits per heavy atom. The van der Waals surface area contributed by atoms with Crippen molar-refractivity contribution in [3.05, 3.63) is 77.1 Å². The molecule has 4 aromatic rings. The molecule has 0 saturated carbocycles. The van der Waals surface area contributed by atoms with E-state index < -0.39 is 12.1 Å². The van der Waals surface area contributed by atoms with Gasteiger partial charge in [-0.3, -0.25) is 0 Å². The van der Waals surface area contributed by atoms with Crippen molar-refractivity contribution in [1.82, 2.24) is 9.97 Å². The van der Waals surface area contributed by atoms with Crippen LogP contribution in [0.25, 0.3) is 11.0 Å². The molecule has 7 nitrogen and oxygen atoms in total. The number of rotatable bonds is 8. The number of aromatic hydroxyl groups is 1. The van der Waals surface area contributed by atoms with Crippen LogP contribution in [0.5, 0.6) is 11.5 Å². The SMILES string of the molecule is COC(=O)C(O)Cc1ccc(OC(C)c2nc3ccc(Sc4cc(C(C)(C)C)c(O)c(C(C)(C)C)c4)cc3[nH]2)cc1. The largest absolute Gasteiger partial charge is 0.507 e. The molecular formula is C33H40N2O5S. The number of hydrogen-bond acceptors (Lipinski definition) is 7. The van der Waals surface area contributed by atoms with Gasteiger partial charge in [0.25, 0.3) is 0 Å². The van der Waals surface area contributed by atoms with Gasteiger partial charge >= 0.3 is 5.97 Å². The predicted octanol–water partition coefficient (Wildman–Crippen LogP) is 7.23. The summed E-state index contributed by atoms with van der Waals surface area (Å²) in [6.07, 6.45) is -1.35. The standard InChI is InChI=1S/C33H40N2O5S/c1-19(40-21-11-9-20(10-12-21)15-28(36)31(38)39-8)30-34-26-14-13-22(18-27(26)35-30)41-23-16-24(32(2,3)4)29(37)25(17-23)33(5,6)7/h9-14,16-19,28,36-37H,15H2,1-8H3,(H,34,35). The maximum Gasteiger partial charge on any atom is 0.335 e. The number of benzene rings is 3. The van der Waals surface area contributed by atoms with Crippen LogP contribution in [-0.4, -0.2) is 39.4 Å². The third-order valence-electron chi connectivity index (χ3n) is 6.93. The Morgan fingerprint density at radius 1 is 0.951 bits per heavy atom. The Bertz CT molecular complexity index is 1500. The predicted molar refractivity (Wildman–Crippen MR) is 163 cm³/mol. The second kappa shape index (κ2) is 11.8. The number of imidazole rings is 1. The molecule has 8 heteroatoms. The minimum absolute atomic E-state index is 0.172. The van der Waals surface area contributed by atoms with E-state index in [1.54, 1.807) is 11.8 Å². The van der Waals surface area contributed by atoms with Crippen LogP contribution in [0.15, 0.2) is 64.4 Å². The van der Waals surface area contributed by atoms with E-state index in [0.717, 1.165) is 37.5 Å². The lowest BCUT2D eigenvalue weighted by molar-refractivity contribution is -0.150. The van der Waals surface area contributed by atoms with Crippen LogP contribution >= 0.6 is 11.8 Å². The highest BCUT2D eigenvalue weighted by molar-refractivity contribution is 7.99. The van der Waals surface area contributed by atoms with Gasteiger partial charge in [-0.2, -0.15) is 0 Å². The van der Waals surface area contributed by atoms with Crippen LogP contribution in [-0.2, 0) is 26.8 Å². The molecule has 0 radical (unpaired) electrons. The molecule has 2 unspecified atom stereocenters. The van der Waals surface area contributed by atoms with Gasteiger partial charge in [-0.15, -0.1) is 0 Å². The summed E-state index contributed by atoms with van der Waals surface area (Å²) in [7, 11) is 1.25. The highest BCUT2D eigenvalue weighted by Gasteiger charge is 2.27. The summed E-state index contributed by atoms with van der Waals surface area (Å²) in [6.45, 7) is 14.6. The number of H-pyrrole nitrogens is 1. The number of ether oxygens (including phenoxy) is 2. The molecule has 0 aliphatic heterocycles. The minimum Gasteiger partial charge on any atom is -0.507 e. The van der Waals surface area contributed by atoms with Crippen molar-refractivity contribution in [3.63, 3.8) is 0 Å². The number of aliphatic hydroxyl groups excluding tert-OH is 1. The number of fused-ring (bicyclic) bond motifs is 1. The molecular weight excluding hydrogens is 536 g/mol. The molecule has 41 heavy (non-hydrogen) atoms. The van der Waals surface area contributed by atoms with Crippen molar-refractivity contribution in [1.29, 1.82) is 0 Å². The molecule has 3 aromatic carbocycles. The normalized spacial score (nSPS) is 13.7. The number of esters is 1. The van der Waals surface area contributed by atoms with E-state index in [-0.39, 0.29) is 23.4 Å². The number of nitrogens with zero attached hydrogens (tertiary/aromatic N) is 1. The van der Waals surface area contributed by atoms with Crippen molar-refractivity contribution >= 4 is 28.8 Å². The van der Waals surface area contributed by atoms with E-state index in [1.807, 2.05) is 37.3 Å². The Labute approximate surface area is 246 Å². The van der Waals surface area contributed by atoms with Gasteiger partial charge in [0.15, 0.2) is 12.2 Å². The highest BCUT2D eigenvalue weighted by Crippen LogP contribution is 2.43. The van der Waals surface area contributed by atoms with E-state index in [9.17, 15) is 15.0 Å². The van der Waals surface area contributed by atoms with Gasteiger partial charge in [-0.1, -0.05) is 65.4 Å². The van der Waals surface area contributed by atoms with Gasteiger partial charge in [0.1, 0.15) is 17.3 Å². The van der Waals surface area contributed by atoms with Gasteiger partial charge in [-0.25, -0.2) is 9.78 Å². The van der Waals surface area contributed by atoms with Crippen LogP contribution in [0, 0.1) is 0 Å². The average molecular weight is 577 g/mol. The fourth-order valence-electron chi connectivity index (χ4n) is 4.62. The number of nitrogens with one attached hydrogen (secondary N) is 1. The van der Waals surface area contributed by atoms with Crippen molar-refractivity contribution in [3.8, 4) is 11.5 Å². The molecule has 2 atom stereocenters. The van der Waals surface area contributed by atoms with Crippen LogP contribution < -0.4 is 4.74 Å². The van der Waals surface area contributed by atoms with Crippen LogP contribution in [0.1, 0.15) is 77.1 Å². The molecule has 0 amide bonds. The number of methoxy groups -OCH3 is 1. The molecule has 0 aliphatic rings. The van der Waals surface area contributed by atoms with E-state index in [4.69, 9.17) is 9.72 Å². The zero-order valence-electron chi connectivity index (χ0n) is 25.0. The first-order chi connectivity index (χ1) is 19.2. The number of aromatic nitrogens is 2. The Morgan fingerprint density at radius 2 is 1.56 bits per heavy atom. The third-order valence-corrected chi connectivity index (χ3v) is 7.89. The molecule has 0 saturated heterocycles. The van der Waals surface area contributed by atoms with Crippen molar-refractivity contribution in [2.75, 3.05) is 7.11 Å². The highest BCUT2D eigenvalue weighted by atomic mass is 32.2. The molecule has 1 heterocycles. The summed E-state index contributed by atoms with van der Waals surface area (Å²) in [5.41, 5.74) is 4.07. The summed E-state index contributed by atoms with van der Waals surface area (Å²) in [5.74, 6) is 1.09. The first-order valence-electron chi connectivity index (χ1n) is 13.7. The maximum absolute atomic E-state index is 11.5. The number of phenolic OH excluding ortho intramolecular Hbond substituents is 1. The van der Waals surface area contributed by atoms with Gasteiger partial charge in [0, 0.05) is 27.3 Å². The molecule has 0 fully saturated rings. The first kappa shape index (κ1) is 30.5. The number of carbonyl (C=O) groups is 1. The molecule has 3 N–H and O–H groups in total. The van der Waals surface area contributed by atoms with Crippen molar-refractivity contribution in [2.24, 2.45) is 0 Å². The summed E-state index contributed by atoms with van der Waals surface area (Å²) in [4.78, 5) is 21.8. The van der Waals surface area contributed by atoms with Gasteiger partial charge in [0.05, 0.1) is 18.1 Å². The van der Waals surface area contributed by atoms with Gasteiger partial charge < -0.3 is 24.7 Å². The second-order valence-electron chi connectivity index (χ2n) is 12.4. The second-order valence-corrected chi connectivity index (χ2v) is 13.6. The number of aromatic amines is 1. The van der Waals surface area contributed by atoms with Crippen molar-refractivity contribution < 1.29 is 24.5 Å². The first-order valence-corrected chi connectivity index (χ1v) is 14.5. The lowest BCUT2D eigenvalue weighted by Crippen LogP contribution is -2.24. The topological polar surface area (TPSA) is 105 Å². The number of aliphatic hydroxyl groups is 1. The van der Waals surface area contributed by atoms with E-state index in [0.29, 0.717) is 17.3 Å². The minimum atomic E-state index is -1.19. The monoisotopic (exact) mass is 576 g/mol. The molecule has 0 bridgehead atoms. The van der Waals surface area contributed by atoms with E-state index in [1.165, 1.54) is 7.11 Å². The van der Waals surface area contributed by atoms with Gasteiger partial charge in [-0.05, 0) is 65.8 Å². The molecule has 4 rings (SSSR count). The zero-order chi connectivity index (χ0) is 30.1. The quantitative estimate of drug-likeness (QED) is 0.190. The summed E-state index contributed by atoms with van der Waals surface area (Å²) in [6, 6.07) is 17.6. The van der Waals surface area contributed by atoms with Gasteiger partial charge in [0.2, 0.25) is 0 Å². The zero-order valence-corrected chi connectivity index (χ0v) is 25.8. The van der Waals surface area contributed by atoms with Crippen LogP contribution in [0.4, 0.5) is 0 Å². The summed E-state index contributed by atoms with van der Waals surface area (Å²) in [5, 5.41) is 20.9. The Balaban J connectivity index is 1.51. The average Bonchev–Trinajstić information content (AvgIpc) is 3.32. The Kier molecular flexibility index (Phi) is 8.76. The van der Waals surface area contributed by atoms with E-state index >= 15 is 0 Å². The van der Waals surface area contributed by atoms with Crippen molar-refractivity contribution in [2.45, 2.75) is 87.7 Å². The fraction of sp³-hybridized carbons (Fsp3) is 0.394. The lowest BCUT2D eigenvalue weighted by Gasteiger charge is -2.28. The number of carbonyl (C=O) groups excluding carboxylic acids is 1. The molecule has 1 aromatic heterocycles. The van der Waals surface area contributed by atoms with Crippen LogP contribution in [0.2, 0.25) is 0 Å². The molecule has 0 aliphatic carbocycles. The lowest BCUT2D eigenvalue weighted by atomic mass is 9.79. The number of phenols is 1. The fourth-order valence-corrected chi connectivity index (χ4v) is 5.56. The van der Waals surface area contributed by atoms with Crippen LogP contribution in [0.3, 0.4) is 0 Å². The third kappa shape index (κ3) is 7.24. The molecule has 218 valence electrons. The Hall–Kier alpha value is -3.49. The molecule has 0 spiro atoms. The number of hydrogen-bond donors (Lipinski definition) is 3. The summed E-state index contributed by atoms with van der Waals surface area (Å²) >= 11 is 1.66. The summed E-state index contributed by atoms with van der Waals surface area (Å²) < 4.78 is 10.7. The van der Waals surface area contributed by atoms with E-state index in [2.05, 4.69) is 75.5 Å². The maximum atomic E-state index is 11.5. The smallest absolute Gasteiger partial charge is 0.335 e.